The molecule has 3 rings (SSSR count). The number of halogens is 1. The number of carbonyl (C=O) groups is 1. The van der Waals surface area contributed by atoms with Gasteiger partial charge in [-0.3, -0.25) is 9.48 Å². The minimum atomic E-state index is 0. The molecular weight excluding hydrogens is 276 g/mol. The minimum Gasteiger partial charge on any atom is -0.337 e. The molecule has 0 aliphatic carbocycles. The maximum Gasteiger partial charge on any atom is 0.274 e. The smallest absolute Gasteiger partial charge is 0.274 e. The SMILES string of the molecule is Cc1cc(C(=O)N2CC[C@@H]3CNC[C@@H]3CC2)nn1C.Cl. The maximum absolute atomic E-state index is 12.5. The number of hydrogen-bond donors (Lipinski definition) is 1. The first-order valence-corrected chi connectivity index (χ1v) is 7.16. The van der Waals surface area contributed by atoms with Gasteiger partial charge in [0.15, 0.2) is 5.69 Å². The van der Waals surface area contributed by atoms with E-state index in [-0.39, 0.29) is 18.3 Å². The third kappa shape index (κ3) is 2.83. The van der Waals surface area contributed by atoms with Gasteiger partial charge in [0, 0.05) is 25.8 Å². The molecule has 1 aromatic rings. The predicted molar refractivity (Wildman–Crippen MR) is 80.2 cm³/mol. The van der Waals surface area contributed by atoms with Gasteiger partial charge in [-0.1, -0.05) is 0 Å². The Hall–Kier alpha value is -1.07. The number of nitrogens with one attached hydrogen (secondary N) is 1. The number of aryl methyl sites for hydroxylation is 2. The van der Waals surface area contributed by atoms with E-state index in [9.17, 15) is 4.79 Å². The summed E-state index contributed by atoms with van der Waals surface area (Å²) in [6.45, 7) is 5.96. The summed E-state index contributed by atoms with van der Waals surface area (Å²) in [5.41, 5.74) is 1.62. The van der Waals surface area contributed by atoms with Gasteiger partial charge in [0.1, 0.15) is 0 Å². The van der Waals surface area contributed by atoms with E-state index in [1.165, 1.54) is 0 Å². The molecule has 0 aromatic carbocycles. The molecule has 6 heteroatoms. The average Bonchev–Trinajstić information content (AvgIpc) is 2.91. The highest BCUT2D eigenvalue weighted by molar-refractivity contribution is 5.92. The van der Waals surface area contributed by atoms with Gasteiger partial charge < -0.3 is 10.2 Å². The van der Waals surface area contributed by atoms with Crippen LogP contribution in [0.15, 0.2) is 6.07 Å². The summed E-state index contributed by atoms with van der Waals surface area (Å²) >= 11 is 0. The monoisotopic (exact) mass is 298 g/mol. The molecule has 2 aliphatic rings. The van der Waals surface area contributed by atoms with E-state index in [1.54, 1.807) is 4.68 Å². The molecule has 2 saturated heterocycles. The Morgan fingerprint density at radius 2 is 1.90 bits per heavy atom. The van der Waals surface area contributed by atoms with Crippen molar-refractivity contribution in [2.24, 2.45) is 18.9 Å². The van der Waals surface area contributed by atoms with Crippen molar-refractivity contribution in [2.75, 3.05) is 26.2 Å². The number of aromatic nitrogens is 2. The quantitative estimate of drug-likeness (QED) is 0.848. The predicted octanol–water partition coefficient (Wildman–Crippen LogP) is 1.22. The number of hydrogen-bond acceptors (Lipinski definition) is 3. The lowest BCUT2D eigenvalue weighted by Gasteiger charge is -2.19. The number of rotatable bonds is 1. The summed E-state index contributed by atoms with van der Waals surface area (Å²) in [7, 11) is 1.88. The minimum absolute atomic E-state index is 0. The third-order valence-corrected chi connectivity index (χ3v) is 4.64. The fraction of sp³-hybridized carbons (Fsp3) is 0.714. The zero-order valence-corrected chi connectivity index (χ0v) is 12.9. The Balaban J connectivity index is 0.00000147. The van der Waals surface area contributed by atoms with E-state index in [0.29, 0.717) is 5.69 Å². The van der Waals surface area contributed by atoms with Gasteiger partial charge in [-0.15, -0.1) is 12.4 Å². The van der Waals surface area contributed by atoms with Gasteiger partial charge in [0.05, 0.1) is 0 Å². The molecule has 1 N–H and O–H groups in total. The van der Waals surface area contributed by atoms with E-state index in [1.807, 2.05) is 24.9 Å². The van der Waals surface area contributed by atoms with Crippen molar-refractivity contribution in [1.29, 1.82) is 0 Å². The topological polar surface area (TPSA) is 50.2 Å². The van der Waals surface area contributed by atoms with Crippen molar-refractivity contribution in [1.82, 2.24) is 20.0 Å². The highest BCUT2D eigenvalue weighted by atomic mass is 35.5. The second-order valence-electron chi connectivity index (χ2n) is 5.84. The Morgan fingerprint density at radius 1 is 1.30 bits per heavy atom. The molecule has 0 bridgehead atoms. The summed E-state index contributed by atoms with van der Waals surface area (Å²) < 4.78 is 1.77. The highest BCUT2D eigenvalue weighted by Gasteiger charge is 2.32. The van der Waals surface area contributed by atoms with Crippen LogP contribution < -0.4 is 5.32 Å². The zero-order chi connectivity index (χ0) is 13.4. The summed E-state index contributed by atoms with van der Waals surface area (Å²) in [6.07, 6.45) is 2.24. The van der Waals surface area contributed by atoms with Gasteiger partial charge in [-0.25, -0.2) is 0 Å². The van der Waals surface area contributed by atoms with Crippen molar-refractivity contribution in [3.63, 3.8) is 0 Å². The molecule has 2 aliphatic heterocycles. The van der Waals surface area contributed by atoms with Crippen LogP contribution in [0.2, 0.25) is 0 Å². The Labute approximate surface area is 126 Å². The lowest BCUT2D eigenvalue weighted by atomic mass is 9.92. The van der Waals surface area contributed by atoms with Gasteiger partial charge in [0.2, 0.25) is 0 Å². The second kappa shape index (κ2) is 6.14. The standard InChI is InChI=1S/C14H22N4O.ClH/c1-10-7-13(16-17(10)2)14(19)18-5-3-11-8-15-9-12(11)4-6-18;/h7,11-12,15H,3-6,8-9H2,1-2H3;1H/t11-,12+;. The zero-order valence-electron chi connectivity index (χ0n) is 12.1. The molecule has 1 amide bonds. The largest absolute Gasteiger partial charge is 0.337 e. The fourth-order valence-corrected chi connectivity index (χ4v) is 3.25. The van der Waals surface area contributed by atoms with Crippen LogP contribution in [0.4, 0.5) is 0 Å². The average molecular weight is 299 g/mol. The van der Waals surface area contributed by atoms with Crippen LogP contribution in [-0.2, 0) is 7.05 Å². The number of carbonyl (C=O) groups excluding carboxylic acids is 1. The van der Waals surface area contributed by atoms with Crippen LogP contribution >= 0.6 is 12.4 Å². The van der Waals surface area contributed by atoms with E-state index in [4.69, 9.17) is 0 Å². The molecular formula is C14H23ClN4O. The second-order valence-corrected chi connectivity index (χ2v) is 5.84. The van der Waals surface area contributed by atoms with E-state index in [2.05, 4.69) is 10.4 Å². The maximum atomic E-state index is 12.5. The molecule has 3 heterocycles. The third-order valence-electron chi connectivity index (χ3n) is 4.64. The molecule has 2 fully saturated rings. The molecule has 0 radical (unpaired) electrons. The van der Waals surface area contributed by atoms with E-state index >= 15 is 0 Å². The van der Waals surface area contributed by atoms with Crippen LogP contribution in [0, 0.1) is 18.8 Å². The summed E-state index contributed by atoms with van der Waals surface area (Å²) in [6, 6.07) is 1.88. The lowest BCUT2D eigenvalue weighted by molar-refractivity contribution is 0.0752. The number of likely N-dealkylation sites (tertiary alicyclic amines) is 1. The highest BCUT2D eigenvalue weighted by Crippen LogP contribution is 2.27. The Morgan fingerprint density at radius 3 is 2.40 bits per heavy atom. The first-order chi connectivity index (χ1) is 9.15. The van der Waals surface area contributed by atoms with Crippen LogP contribution in [-0.4, -0.2) is 46.8 Å². The van der Waals surface area contributed by atoms with Crippen molar-refractivity contribution < 1.29 is 4.79 Å². The van der Waals surface area contributed by atoms with Crippen LogP contribution in [0.25, 0.3) is 0 Å². The molecule has 1 aromatic heterocycles. The molecule has 5 nitrogen and oxygen atoms in total. The van der Waals surface area contributed by atoms with Crippen molar-refractivity contribution >= 4 is 18.3 Å². The molecule has 20 heavy (non-hydrogen) atoms. The van der Waals surface area contributed by atoms with E-state index < -0.39 is 0 Å². The first-order valence-electron chi connectivity index (χ1n) is 7.16. The van der Waals surface area contributed by atoms with Gasteiger partial charge in [0.25, 0.3) is 5.91 Å². The van der Waals surface area contributed by atoms with Crippen molar-refractivity contribution in [3.05, 3.63) is 17.5 Å². The Bertz CT molecular complexity index is 454. The van der Waals surface area contributed by atoms with Crippen molar-refractivity contribution in [3.8, 4) is 0 Å². The van der Waals surface area contributed by atoms with Crippen molar-refractivity contribution in [2.45, 2.75) is 19.8 Å². The van der Waals surface area contributed by atoms with Gasteiger partial charge in [-0.05, 0) is 50.8 Å². The lowest BCUT2D eigenvalue weighted by Crippen LogP contribution is -2.33. The normalized spacial score (nSPS) is 25.8. The fourth-order valence-electron chi connectivity index (χ4n) is 3.25. The Kier molecular flexibility index (Phi) is 4.70. The molecule has 0 unspecified atom stereocenters. The number of amides is 1. The van der Waals surface area contributed by atoms with Crippen LogP contribution in [0.5, 0.6) is 0 Å². The van der Waals surface area contributed by atoms with Crippen LogP contribution in [0.1, 0.15) is 29.0 Å². The van der Waals surface area contributed by atoms with E-state index in [0.717, 1.165) is 56.6 Å². The number of fused-ring (bicyclic) bond motifs is 1. The summed E-state index contributed by atoms with van der Waals surface area (Å²) in [5, 5.41) is 7.76. The first kappa shape index (κ1) is 15.3. The summed E-state index contributed by atoms with van der Waals surface area (Å²) in [4.78, 5) is 14.5. The van der Waals surface area contributed by atoms with Gasteiger partial charge >= 0.3 is 0 Å². The number of nitrogens with zero attached hydrogens (tertiary/aromatic N) is 3. The molecule has 112 valence electrons. The molecule has 0 spiro atoms. The summed E-state index contributed by atoms with van der Waals surface area (Å²) in [5.74, 6) is 1.60. The molecule has 0 saturated carbocycles. The van der Waals surface area contributed by atoms with Gasteiger partial charge in [-0.2, -0.15) is 5.10 Å². The van der Waals surface area contributed by atoms with Crippen LogP contribution in [0.3, 0.4) is 0 Å². The molecule has 2 atom stereocenters.